The van der Waals surface area contributed by atoms with E-state index in [1.807, 2.05) is 6.07 Å². The number of hydrogen-bond donors (Lipinski definition) is 1. The van der Waals surface area contributed by atoms with Crippen LogP contribution in [0.25, 0.3) is 0 Å². The summed E-state index contributed by atoms with van der Waals surface area (Å²) in [5.41, 5.74) is 0.995. The van der Waals surface area contributed by atoms with Gasteiger partial charge < -0.3 is 5.32 Å². The van der Waals surface area contributed by atoms with Gasteiger partial charge in [0.05, 0.1) is 17.1 Å². The lowest BCUT2D eigenvalue weighted by molar-refractivity contribution is 0.0673. The molecule has 19 heavy (non-hydrogen) atoms. The molecule has 0 spiro atoms. The molecule has 1 N–H and O–H groups in total. The zero-order valence-electron chi connectivity index (χ0n) is 9.65. The number of nitrogens with zero attached hydrogens (tertiary/aromatic N) is 3. The molecule has 0 unspecified atom stereocenters. The molecule has 98 valence electrons. The second-order valence-corrected chi connectivity index (χ2v) is 4.10. The van der Waals surface area contributed by atoms with Gasteiger partial charge in [-0.25, -0.2) is 4.98 Å². The maximum absolute atomic E-state index is 12.6. The zero-order valence-corrected chi connectivity index (χ0v) is 10.4. The van der Waals surface area contributed by atoms with Gasteiger partial charge in [0.2, 0.25) is 0 Å². The summed E-state index contributed by atoms with van der Waals surface area (Å²) in [5.74, 6) is 0.218. The average molecular weight is 283 g/mol. The van der Waals surface area contributed by atoms with Gasteiger partial charge in [0, 0.05) is 18.1 Å². The minimum Gasteiger partial charge on any atom is -0.378 e. The normalized spacial score (nSPS) is 10.5. The molecule has 0 saturated heterocycles. The Morgan fingerprint density at radius 2 is 2.26 bits per heavy atom. The third-order valence-corrected chi connectivity index (χ3v) is 2.81. The predicted molar refractivity (Wildman–Crippen MR) is 67.0 cm³/mol. The number of nitriles is 1. The molecule has 0 atom stereocenters. The van der Waals surface area contributed by atoms with Gasteiger partial charge in [-0.05, 0) is 18.2 Å². The van der Waals surface area contributed by atoms with Crippen molar-refractivity contribution in [2.45, 2.75) is 13.1 Å². The van der Waals surface area contributed by atoms with Gasteiger partial charge in [-0.2, -0.15) is 14.0 Å². The van der Waals surface area contributed by atoms with Crippen LogP contribution in [0, 0.1) is 11.3 Å². The summed E-state index contributed by atoms with van der Waals surface area (Å²) in [5, 5.41) is 12.0. The third kappa shape index (κ3) is 3.01. The van der Waals surface area contributed by atoms with Gasteiger partial charge in [0.1, 0.15) is 11.9 Å². The van der Waals surface area contributed by atoms with E-state index in [-0.39, 0.29) is 12.4 Å². The summed E-state index contributed by atoms with van der Waals surface area (Å²) in [7, 11) is 0. The maximum Gasteiger partial charge on any atom is 0.319 e. The second kappa shape index (κ2) is 5.67. The van der Waals surface area contributed by atoms with Crippen molar-refractivity contribution in [3.05, 3.63) is 47.0 Å². The van der Waals surface area contributed by atoms with E-state index in [0.717, 1.165) is 4.57 Å². The van der Waals surface area contributed by atoms with Crippen LogP contribution in [0.4, 0.5) is 14.5 Å². The van der Waals surface area contributed by atoms with Crippen LogP contribution >= 0.6 is 11.6 Å². The molecule has 0 aliphatic rings. The topological polar surface area (TPSA) is 53.6 Å². The highest BCUT2D eigenvalue weighted by Crippen LogP contribution is 2.21. The largest absolute Gasteiger partial charge is 0.378 e. The van der Waals surface area contributed by atoms with E-state index in [1.165, 1.54) is 12.4 Å². The summed E-state index contributed by atoms with van der Waals surface area (Å²) >= 11 is 5.87. The third-order valence-electron chi connectivity index (χ3n) is 2.50. The predicted octanol–water partition coefficient (Wildman–Crippen LogP) is 3.42. The van der Waals surface area contributed by atoms with E-state index >= 15 is 0 Å². The molecular weight excluding hydrogens is 274 g/mol. The molecule has 0 fully saturated rings. The van der Waals surface area contributed by atoms with Crippen molar-refractivity contribution in [1.29, 1.82) is 5.26 Å². The Morgan fingerprint density at radius 1 is 1.47 bits per heavy atom. The van der Waals surface area contributed by atoms with E-state index in [1.54, 1.807) is 18.2 Å². The van der Waals surface area contributed by atoms with Crippen LogP contribution in [-0.4, -0.2) is 9.55 Å². The Hall–Kier alpha value is -2.13. The first kappa shape index (κ1) is 13.3. The van der Waals surface area contributed by atoms with Crippen molar-refractivity contribution >= 4 is 17.3 Å². The summed E-state index contributed by atoms with van der Waals surface area (Å²) in [6.07, 6.45) is 2.53. The standard InChI is InChI=1S/C12H9ClF2N4/c13-10-5-9(2-1-8(10)6-16)18-7-11-17-3-4-19(11)12(14)15/h1-5,12,18H,7H2. The van der Waals surface area contributed by atoms with Crippen molar-refractivity contribution in [1.82, 2.24) is 9.55 Å². The first-order valence-electron chi connectivity index (χ1n) is 5.35. The summed E-state index contributed by atoms with van der Waals surface area (Å²) in [6, 6.07) is 6.72. The number of hydrogen-bond acceptors (Lipinski definition) is 3. The van der Waals surface area contributed by atoms with E-state index in [2.05, 4.69) is 10.3 Å². The molecule has 2 rings (SSSR count). The van der Waals surface area contributed by atoms with Crippen LogP contribution in [0.5, 0.6) is 0 Å². The molecule has 7 heteroatoms. The fourth-order valence-electron chi connectivity index (χ4n) is 1.56. The van der Waals surface area contributed by atoms with Crippen LogP contribution in [0.15, 0.2) is 30.6 Å². The molecule has 0 saturated carbocycles. The average Bonchev–Trinajstić information content (AvgIpc) is 2.85. The second-order valence-electron chi connectivity index (χ2n) is 3.69. The van der Waals surface area contributed by atoms with Gasteiger partial charge in [-0.15, -0.1) is 0 Å². The van der Waals surface area contributed by atoms with Crippen LogP contribution in [0.3, 0.4) is 0 Å². The van der Waals surface area contributed by atoms with Gasteiger partial charge in [-0.3, -0.25) is 4.57 Å². The number of halogens is 3. The molecular formula is C12H9ClF2N4. The van der Waals surface area contributed by atoms with Crippen LogP contribution < -0.4 is 5.32 Å². The molecule has 1 aromatic carbocycles. The van der Waals surface area contributed by atoms with Crippen LogP contribution in [-0.2, 0) is 6.54 Å². The lowest BCUT2D eigenvalue weighted by Gasteiger charge is -2.09. The lowest BCUT2D eigenvalue weighted by atomic mass is 10.2. The van der Waals surface area contributed by atoms with Gasteiger partial charge in [0.15, 0.2) is 0 Å². The molecule has 1 heterocycles. The van der Waals surface area contributed by atoms with E-state index < -0.39 is 6.55 Å². The van der Waals surface area contributed by atoms with Crippen molar-refractivity contribution < 1.29 is 8.78 Å². The number of benzene rings is 1. The first-order valence-corrected chi connectivity index (χ1v) is 5.73. The number of alkyl halides is 2. The SMILES string of the molecule is N#Cc1ccc(NCc2nccn2C(F)F)cc1Cl. The maximum atomic E-state index is 12.6. The summed E-state index contributed by atoms with van der Waals surface area (Å²) < 4.78 is 26.0. The molecule has 4 nitrogen and oxygen atoms in total. The highest BCUT2D eigenvalue weighted by molar-refractivity contribution is 6.32. The van der Waals surface area contributed by atoms with Crippen molar-refractivity contribution in [3.8, 4) is 6.07 Å². The molecule has 0 radical (unpaired) electrons. The first-order chi connectivity index (χ1) is 9.11. The Labute approximate surface area is 113 Å². The number of anilines is 1. The van der Waals surface area contributed by atoms with Crippen molar-refractivity contribution in [2.24, 2.45) is 0 Å². The number of rotatable bonds is 4. The fraction of sp³-hybridized carbons (Fsp3) is 0.167. The smallest absolute Gasteiger partial charge is 0.319 e. The van der Waals surface area contributed by atoms with Gasteiger partial charge in [0.25, 0.3) is 0 Å². The lowest BCUT2D eigenvalue weighted by Crippen LogP contribution is -2.09. The number of imidazole rings is 1. The minimum absolute atomic E-state index is 0.138. The molecule has 0 aliphatic heterocycles. The zero-order chi connectivity index (χ0) is 13.8. The Bertz CT molecular complexity index is 618. The summed E-state index contributed by atoms with van der Waals surface area (Å²) in [6.45, 7) is -2.48. The van der Waals surface area contributed by atoms with E-state index in [9.17, 15) is 8.78 Å². The van der Waals surface area contributed by atoms with E-state index in [4.69, 9.17) is 16.9 Å². The Morgan fingerprint density at radius 3 is 2.89 bits per heavy atom. The Balaban J connectivity index is 2.09. The number of aromatic nitrogens is 2. The summed E-state index contributed by atoms with van der Waals surface area (Å²) in [4.78, 5) is 3.84. The Kier molecular flexibility index (Phi) is 3.97. The number of nitrogens with one attached hydrogen (secondary N) is 1. The highest BCUT2D eigenvalue weighted by Gasteiger charge is 2.11. The quantitative estimate of drug-likeness (QED) is 0.935. The van der Waals surface area contributed by atoms with Gasteiger partial charge in [-0.1, -0.05) is 11.6 Å². The van der Waals surface area contributed by atoms with Crippen LogP contribution in [0.2, 0.25) is 5.02 Å². The molecule has 0 bridgehead atoms. The molecule has 2 aromatic rings. The highest BCUT2D eigenvalue weighted by atomic mass is 35.5. The van der Waals surface area contributed by atoms with E-state index in [0.29, 0.717) is 16.3 Å². The van der Waals surface area contributed by atoms with Crippen LogP contribution in [0.1, 0.15) is 17.9 Å². The minimum atomic E-state index is -2.62. The molecule has 0 amide bonds. The van der Waals surface area contributed by atoms with Crippen molar-refractivity contribution in [3.63, 3.8) is 0 Å². The van der Waals surface area contributed by atoms with Gasteiger partial charge >= 0.3 is 6.55 Å². The molecule has 0 aliphatic carbocycles. The fourth-order valence-corrected chi connectivity index (χ4v) is 1.78. The molecule has 1 aromatic heterocycles. The monoisotopic (exact) mass is 282 g/mol. The van der Waals surface area contributed by atoms with Crippen molar-refractivity contribution in [2.75, 3.05) is 5.32 Å².